The van der Waals surface area contributed by atoms with Crippen LogP contribution in [-0.4, -0.2) is 58.3 Å². The summed E-state index contributed by atoms with van der Waals surface area (Å²) >= 11 is 0. The van der Waals surface area contributed by atoms with Crippen LogP contribution in [0.25, 0.3) is 0 Å². The Kier molecular flexibility index (Phi) is 6.10. The maximum atomic E-state index is 14.5. The van der Waals surface area contributed by atoms with Crippen LogP contribution in [0.5, 0.6) is 0 Å². The summed E-state index contributed by atoms with van der Waals surface area (Å²) in [5, 5.41) is 3.95. The van der Waals surface area contributed by atoms with Gasteiger partial charge in [-0.3, -0.25) is 4.90 Å². The van der Waals surface area contributed by atoms with Crippen molar-refractivity contribution in [2.75, 3.05) is 38.2 Å². The Labute approximate surface area is 152 Å². The van der Waals surface area contributed by atoms with E-state index in [1.54, 1.807) is 7.11 Å². The molecule has 2 aromatic rings. The van der Waals surface area contributed by atoms with Crippen molar-refractivity contribution in [3.8, 4) is 0 Å². The molecule has 0 bridgehead atoms. The molecule has 1 aliphatic heterocycles. The van der Waals surface area contributed by atoms with Crippen LogP contribution in [0.2, 0.25) is 0 Å². The van der Waals surface area contributed by atoms with Crippen LogP contribution in [-0.2, 0) is 17.7 Å². The molecule has 3 heterocycles. The zero-order valence-corrected chi connectivity index (χ0v) is 15.5. The molecule has 0 spiro atoms. The van der Waals surface area contributed by atoms with Crippen LogP contribution in [0.15, 0.2) is 10.9 Å². The van der Waals surface area contributed by atoms with Crippen molar-refractivity contribution >= 4 is 5.82 Å². The maximum absolute atomic E-state index is 14.5. The van der Waals surface area contributed by atoms with Gasteiger partial charge >= 0.3 is 0 Å². The number of aryl methyl sites for hydroxylation is 1. The van der Waals surface area contributed by atoms with E-state index < -0.39 is 0 Å². The van der Waals surface area contributed by atoms with Crippen LogP contribution in [0.3, 0.4) is 0 Å². The third-order valence-corrected chi connectivity index (χ3v) is 4.63. The molecular formula is C17H25FN6O2. The number of aromatic nitrogens is 4. The van der Waals surface area contributed by atoms with Crippen LogP contribution >= 0.6 is 0 Å². The predicted octanol–water partition coefficient (Wildman–Crippen LogP) is 1.98. The second-order valence-corrected chi connectivity index (χ2v) is 6.35. The minimum atomic E-state index is -0.307. The largest absolute Gasteiger partial charge is 0.374 e. The molecule has 0 aliphatic carbocycles. The van der Waals surface area contributed by atoms with Gasteiger partial charge in [-0.2, -0.15) is 4.98 Å². The van der Waals surface area contributed by atoms with Gasteiger partial charge in [-0.1, -0.05) is 12.1 Å². The van der Waals surface area contributed by atoms with Crippen molar-refractivity contribution in [1.82, 2.24) is 25.0 Å². The maximum Gasteiger partial charge on any atom is 0.240 e. The molecule has 1 atom stereocenters. The summed E-state index contributed by atoms with van der Waals surface area (Å²) in [5.74, 6) is 1.21. The first-order valence-electron chi connectivity index (χ1n) is 8.94. The lowest BCUT2D eigenvalue weighted by atomic mass is 10.3. The van der Waals surface area contributed by atoms with Gasteiger partial charge in [0, 0.05) is 33.3 Å². The van der Waals surface area contributed by atoms with E-state index >= 15 is 0 Å². The number of nitrogens with zero attached hydrogens (tertiary/aromatic N) is 6. The molecule has 2 aromatic heterocycles. The van der Waals surface area contributed by atoms with E-state index in [-0.39, 0.29) is 11.9 Å². The molecular weight excluding hydrogens is 339 g/mol. The molecule has 3 rings (SSSR count). The van der Waals surface area contributed by atoms with Gasteiger partial charge < -0.3 is 14.2 Å². The van der Waals surface area contributed by atoms with E-state index in [1.165, 1.54) is 6.33 Å². The average Bonchev–Trinajstić information content (AvgIpc) is 3.00. The number of hydrogen-bond donors (Lipinski definition) is 0. The lowest BCUT2D eigenvalue weighted by Crippen LogP contribution is -2.31. The first-order valence-corrected chi connectivity index (χ1v) is 8.94. The molecule has 1 aliphatic rings. The highest BCUT2D eigenvalue weighted by molar-refractivity contribution is 5.41. The monoisotopic (exact) mass is 364 g/mol. The number of rotatable bonds is 6. The standard InChI is InChI=1S/C17H25FN6O2/c1-4-13-15(18)17(20-11-19-13)24-7-5-6-23(8-9-24)10-14-21-16(22-26-14)12(2)25-3/h11-12H,4-10H2,1-3H3. The van der Waals surface area contributed by atoms with Crippen molar-refractivity contribution in [3.05, 3.63) is 29.6 Å². The summed E-state index contributed by atoms with van der Waals surface area (Å²) in [6.07, 6.45) is 2.71. The summed E-state index contributed by atoms with van der Waals surface area (Å²) in [6, 6.07) is 0. The van der Waals surface area contributed by atoms with Crippen LogP contribution < -0.4 is 4.90 Å². The molecule has 142 valence electrons. The molecule has 0 saturated carbocycles. The Hall–Kier alpha value is -2.13. The number of anilines is 1. The normalized spacial score (nSPS) is 17.3. The quantitative estimate of drug-likeness (QED) is 0.770. The molecule has 0 amide bonds. The van der Waals surface area contributed by atoms with E-state index in [0.29, 0.717) is 42.7 Å². The third kappa shape index (κ3) is 4.16. The van der Waals surface area contributed by atoms with Crippen LogP contribution in [0.1, 0.15) is 43.8 Å². The zero-order chi connectivity index (χ0) is 18.5. The fraction of sp³-hybridized carbons (Fsp3) is 0.647. The van der Waals surface area contributed by atoms with Crippen LogP contribution in [0, 0.1) is 5.82 Å². The van der Waals surface area contributed by atoms with Crippen molar-refractivity contribution in [3.63, 3.8) is 0 Å². The molecule has 0 aromatic carbocycles. The van der Waals surface area contributed by atoms with E-state index in [1.807, 2.05) is 18.7 Å². The number of methoxy groups -OCH3 is 1. The highest BCUT2D eigenvalue weighted by atomic mass is 19.1. The Bertz CT molecular complexity index is 725. The second kappa shape index (κ2) is 8.50. The van der Waals surface area contributed by atoms with Gasteiger partial charge in [0.05, 0.1) is 12.2 Å². The summed E-state index contributed by atoms with van der Waals surface area (Å²) in [4.78, 5) is 16.8. The number of ether oxygens (including phenoxy) is 1. The molecule has 0 N–H and O–H groups in total. The summed E-state index contributed by atoms with van der Waals surface area (Å²) in [7, 11) is 1.61. The average molecular weight is 364 g/mol. The molecule has 1 fully saturated rings. The van der Waals surface area contributed by atoms with Gasteiger partial charge in [0.1, 0.15) is 12.4 Å². The number of halogens is 1. The van der Waals surface area contributed by atoms with Gasteiger partial charge in [-0.05, 0) is 19.8 Å². The lowest BCUT2D eigenvalue weighted by molar-refractivity contribution is 0.109. The minimum Gasteiger partial charge on any atom is -0.374 e. The Balaban J connectivity index is 1.62. The Morgan fingerprint density at radius 2 is 2.12 bits per heavy atom. The van der Waals surface area contributed by atoms with Gasteiger partial charge in [-0.15, -0.1) is 0 Å². The summed E-state index contributed by atoms with van der Waals surface area (Å²) in [6.45, 7) is 7.42. The van der Waals surface area contributed by atoms with Gasteiger partial charge in [0.2, 0.25) is 5.89 Å². The van der Waals surface area contributed by atoms with Crippen molar-refractivity contribution in [2.24, 2.45) is 0 Å². The zero-order valence-electron chi connectivity index (χ0n) is 15.5. The van der Waals surface area contributed by atoms with E-state index in [2.05, 4.69) is 25.0 Å². The van der Waals surface area contributed by atoms with E-state index in [0.717, 1.165) is 26.1 Å². The summed E-state index contributed by atoms with van der Waals surface area (Å²) < 4.78 is 25.0. The van der Waals surface area contributed by atoms with Gasteiger partial charge in [0.15, 0.2) is 17.5 Å². The minimum absolute atomic E-state index is 0.194. The lowest BCUT2D eigenvalue weighted by Gasteiger charge is -2.22. The van der Waals surface area contributed by atoms with E-state index in [9.17, 15) is 4.39 Å². The third-order valence-electron chi connectivity index (χ3n) is 4.63. The SMILES string of the molecule is CCc1ncnc(N2CCCN(Cc3nc(C(C)OC)no3)CC2)c1F. The second-order valence-electron chi connectivity index (χ2n) is 6.35. The number of hydrogen-bond acceptors (Lipinski definition) is 8. The topological polar surface area (TPSA) is 80.4 Å². The highest BCUT2D eigenvalue weighted by Crippen LogP contribution is 2.20. The van der Waals surface area contributed by atoms with Crippen LogP contribution in [0.4, 0.5) is 10.2 Å². The molecule has 26 heavy (non-hydrogen) atoms. The smallest absolute Gasteiger partial charge is 0.240 e. The molecule has 1 saturated heterocycles. The Morgan fingerprint density at radius 3 is 2.88 bits per heavy atom. The fourth-order valence-electron chi connectivity index (χ4n) is 3.00. The highest BCUT2D eigenvalue weighted by Gasteiger charge is 2.22. The van der Waals surface area contributed by atoms with Crippen molar-refractivity contribution in [1.29, 1.82) is 0 Å². The Morgan fingerprint density at radius 1 is 1.27 bits per heavy atom. The van der Waals surface area contributed by atoms with E-state index in [4.69, 9.17) is 9.26 Å². The molecule has 1 unspecified atom stereocenters. The van der Waals surface area contributed by atoms with Crippen molar-refractivity contribution in [2.45, 2.75) is 39.3 Å². The predicted molar refractivity (Wildman–Crippen MR) is 93.2 cm³/mol. The van der Waals surface area contributed by atoms with Gasteiger partial charge in [-0.25, -0.2) is 14.4 Å². The first-order chi connectivity index (χ1) is 12.6. The first kappa shape index (κ1) is 18.7. The molecule has 0 radical (unpaired) electrons. The van der Waals surface area contributed by atoms with Crippen molar-refractivity contribution < 1.29 is 13.7 Å². The fourth-order valence-corrected chi connectivity index (χ4v) is 3.00. The summed E-state index contributed by atoms with van der Waals surface area (Å²) in [5.41, 5.74) is 0.460. The molecule has 9 heteroatoms. The molecule has 8 nitrogen and oxygen atoms in total. The van der Waals surface area contributed by atoms with Gasteiger partial charge in [0.25, 0.3) is 0 Å².